The number of rotatable bonds is 2. The number of carbonyl (C=O) groups is 1. The lowest BCUT2D eigenvalue weighted by Gasteiger charge is -2.14. The van der Waals surface area contributed by atoms with E-state index in [1.165, 1.54) is 0 Å². The van der Waals surface area contributed by atoms with E-state index < -0.39 is 0 Å². The number of amides is 1. The van der Waals surface area contributed by atoms with Crippen LogP contribution in [0.5, 0.6) is 0 Å². The van der Waals surface area contributed by atoms with Gasteiger partial charge in [0.2, 0.25) is 0 Å². The Kier molecular flexibility index (Phi) is 3.63. The number of fused-ring (bicyclic) bond motifs is 1. The summed E-state index contributed by atoms with van der Waals surface area (Å²) < 4.78 is 0.994. The van der Waals surface area contributed by atoms with Gasteiger partial charge < -0.3 is 11.1 Å². The highest BCUT2D eigenvalue weighted by Crippen LogP contribution is 2.43. The molecule has 1 aromatic carbocycles. The molecule has 2 fully saturated rings. The minimum Gasteiger partial charge on any atom is -0.349 e. The Morgan fingerprint density at radius 1 is 1.11 bits per heavy atom. The second kappa shape index (κ2) is 5.25. The fourth-order valence-electron chi connectivity index (χ4n) is 3.65. The zero-order chi connectivity index (χ0) is 13.4. The maximum absolute atomic E-state index is 12.1. The van der Waals surface area contributed by atoms with Crippen LogP contribution in [0.25, 0.3) is 0 Å². The first kappa shape index (κ1) is 13.1. The van der Waals surface area contributed by atoms with Crippen molar-refractivity contribution in [2.75, 3.05) is 0 Å². The first-order chi connectivity index (χ1) is 9.11. The second-order valence-electron chi connectivity index (χ2n) is 5.90. The van der Waals surface area contributed by atoms with E-state index in [2.05, 4.69) is 21.2 Å². The molecule has 2 unspecified atom stereocenters. The third kappa shape index (κ3) is 2.84. The van der Waals surface area contributed by atoms with E-state index >= 15 is 0 Å². The molecule has 0 saturated heterocycles. The summed E-state index contributed by atoms with van der Waals surface area (Å²) in [6, 6.07) is 8.22. The lowest BCUT2D eigenvalue weighted by Crippen LogP contribution is -2.33. The van der Waals surface area contributed by atoms with Crippen LogP contribution in [-0.2, 0) is 0 Å². The molecule has 1 aromatic rings. The largest absolute Gasteiger partial charge is 0.349 e. The Hall–Kier alpha value is -0.870. The molecular formula is C15H19BrN2O. The summed E-state index contributed by atoms with van der Waals surface area (Å²) in [6.45, 7) is 0. The normalized spacial score (nSPS) is 33.2. The Morgan fingerprint density at radius 3 is 2.26 bits per heavy atom. The predicted molar refractivity (Wildman–Crippen MR) is 78.8 cm³/mol. The number of hydrogen-bond donors (Lipinski definition) is 2. The molecule has 1 amide bonds. The van der Waals surface area contributed by atoms with Crippen molar-refractivity contribution in [2.24, 2.45) is 17.6 Å². The summed E-state index contributed by atoms with van der Waals surface area (Å²) in [5.74, 6) is 1.50. The number of carbonyl (C=O) groups excluding carboxylic acids is 1. The van der Waals surface area contributed by atoms with Gasteiger partial charge in [-0.3, -0.25) is 4.79 Å². The maximum atomic E-state index is 12.1. The standard InChI is InChI=1S/C15H19BrN2O/c16-12-3-1-9(2-4-12)15(19)18-14-7-10-5-13(17)6-11(10)8-14/h1-4,10-11,13-14H,5-8,17H2,(H,18,19). The average Bonchev–Trinajstić information content (AvgIpc) is 2.86. The van der Waals surface area contributed by atoms with Gasteiger partial charge in [-0.1, -0.05) is 15.9 Å². The molecule has 0 heterocycles. The van der Waals surface area contributed by atoms with Crippen molar-refractivity contribution in [2.45, 2.75) is 37.8 Å². The first-order valence-electron chi connectivity index (χ1n) is 6.94. The molecule has 2 aliphatic carbocycles. The molecule has 2 atom stereocenters. The molecule has 2 aliphatic rings. The number of benzene rings is 1. The molecule has 3 rings (SSSR count). The fourth-order valence-corrected chi connectivity index (χ4v) is 3.92. The molecule has 4 heteroatoms. The monoisotopic (exact) mass is 322 g/mol. The number of hydrogen-bond acceptors (Lipinski definition) is 2. The predicted octanol–water partition coefficient (Wildman–Crippen LogP) is 2.69. The SMILES string of the molecule is NC1CC2CC(NC(=O)c3ccc(Br)cc3)CC2C1. The van der Waals surface area contributed by atoms with Gasteiger partial charge in [-0.15, -0.1) is 0 Å². The maximum Gasteiger partial charge on any atom is 0.251 e. The van der Waals surface area contributed by atoms with Crippen LogP contribution in [0.15, 0.2) is 28.7 Å². The topological polar surface area (TPSA) is 55.1 Å². The molecule has 19 heavy (non-hydrogen) atoms. The number of halogens is 1. The van der Waals surface area contributed by atoms with Crippen LogP contribution in [0.3, 0.4) is 0 Å². The molecular weight excluding hydrogens is 304 g/mol. The van der Waals surface area contributed by atoms with Crippen LogP contribution in [0.2, 0.25) is 0 Å². The van der Waals surface area contributed by atoms with E-state index in [1.54, 1.807) is 0 Å². The van der Waals surface area contributed by atoms with Gasteiger partial charge in [-0.25, -0.2) is 0 Å². The summed E-state index contributed by atoms with van der Waals surface area (Å²) in [4.78, 5) is 12.1. The summed E-state index contributed by atoms with van der Waals surface area (Å²) >= 11 is 3.38. The minimum absolute atomic E-state index is 0.0433. The molecule has 3 N–H and O–H groups in total. The van der Waals surface area contributed by atoms with Crippen LogP contribution in [0.1, 0.15) is 36.0 Å². The van der Waals surface area contributed by atoms with E-state index in [-0.39, 0.29) is 5.91 Å². The van der Waals surface area contributed by atoms with Crippen molar-refractivity contribution in [3.63, 3.8) is 0 Å². The molecule has 0 radical (unpaired) electrons. The quantitative estimate of drug-likeness (QED) is 0.879. The van der Waals surface area contributed by atoms with Crippen molar-refractivity contribution in [3.8, 4) is 0 Å². The molecule has 0 aliphatic heterocycles. The highest BCUT2D eigenvalue weighted by molar-refractivity contribution is 9.10. The van der Waals surface area contributed by atoms with E-state index in [0.717, 1.165) is 47.6 Å². The van der Waals surface area contributed by atoms with E-state index in [0.29, 0.717) is 12.1 Å². The fraction of sp³-hybridized carbons (Fsp3) is 0.533. The zero-order valence-electron chi connectivity index (χ0n) is 10.8. The van der Waals surface area contributed by atoms with Crippen molar-refractivity contribution in [3.05, 3.63) is 34.3 Å². The van der Waals surface area contributed by atoms with Gasteiger partial charge in [-0.05, 0) is 61.8 Å². The summed E-state index contributed by atoms with van der Waals surface area (Å²) in [5.41, 5.74) is 6.72. The Bertz CT molecular complexity index is 460. The van der Waals surface area contributed by atoms with Crippen molar-refractivity contribution in [1.29, 1.82) is 0 Å². The van der Waals surface area contributed by atoms with Crippen LogP contribution in [0, 0.1) is 11.8 Å². The molecule has 0 spiro atoms. The molecule has 102 valence electrons. The second-order valence-corrected chi connectivity index (χ2v) is 6.82. The van der Waals surface area contributed by atoms with Gasteiger partial charge in [0.15, 0.2) is 0 Å². The van der Waals surface area contributed by atoms with Crippen LogP contribution >= 0.6 is 15.9 Å². The van der Waals surface area contributed by atoms with Crippen molar-refractivity contribution >= 4 is 21.8 Å². The molecule has 2 saturated carbocycles. The molecule has 0 bridgehead atoms. The third-order valence-electron chi connectivity index (χ3n) is 4.49. The van der Waals surface area contributed by atoms with E-state index in [4.69, 9.17) is 5.73 Å². The summed E-state index contributed by atoms with van der Waals surface area (Å²) in [7, 11) is 0. The smallest absolute Gasteiger partial charge is 0.251 e. The first-order valence-corrected chi connectivity index (χ1v) is 7.73. The lowest BCUT2D eigenvalue weighted by atomic mass is 10.0. The summed E-state index contributed by atoms with van der Waals surface area (Å²) in [6.07, 6.45) is 4.46. The number of nitrogens with one attached hydrogen (secondary N) is 1. The van der Waals surface area contributed by atoms with E-state index in [1.807, 2.05) is 24.3 Å². The Balaban J connectivity index is 1.58. The summed E-state index contributed by atoms with van der Waals surface area (Å²) in [5, 5.41) is 3.16. The highest BCUT2D eigenvalue weighted by Gasteiger charge is 2.40. The van der Waals surface area contributed by atoms with Crippen molar-refractivity contribution < 1.29 is 4.79 Å². The van der Waals surface area contributed by atoms with Crippen LogP contribution in [0.4, 0.5) is 0 Å². The Morgan fingerprint density at radius 2 is 1.68 bits per heavy atom. The third-order valence-corrected chi connectivity index (χ3v) is 5.02. The van der Waals surface area contributed by atoms with Crippen LogP contribution in [-0.4, -0.2) is 18.0 Å². The molecule has 3 nitrogen and oxygen atoms in total. The van der Waals surface area contributed by atoms with Gasteiger partial charge >= 0.3 is 0 Å². The highest BCUT2D eigenvalue weighted by atomic mass is 79.9. The van der Waals surface area contributed by atoms with Gasteiger partial charge in [0.25, 0.3) is 5.91 Å². The average molecular weight is 323 g/mol. The minimum atomic E-state index is 0.0433. The molecule has 0 aromatic heterocycles. The van der Waals surface area contributed by atoms with E-state index in [9.17, 15) is 4.79 Å². The van der Waals surface area contributed by atoms with Gasteiger partial charge in [-0.2, -0.15) is 0 Å². The van der Waals surface area contributed by atoms with Gasteiger partial charge in [0.1, 0.15) is 0 Å². The lowest BCUT2D eigenvalue weighted by molar-refractivity contribution is 0.0936. The Labute approximate surface area is 122 Å². The van der Waals surface area contributed by atoms with Gasteiger partial charge in [0, 0.05) is 22.1 Å². The van der Waals surface area contributed by atoms with Gasteiger partial charge in [0.05, 0.1) is 0 Å². The van der Waals surface area contributed by atoms with Crippen molar-refractivity contribution in [1.82, 2.24) is 5.32 Å². The zero-order valence-corrected chi connectivity index (χ0v) is 12.4. The van der Waals surface area contributed by atoms with Crippen LogP contribution < -0.4 is 11.1 Å². The number of nitrogens with two attached hydrogens (primary N) is 1.